The minimum atomic E-state index is -3.32. The van der Waals surface area contributed by atoms with Gasteiger partial charge in [-0.2, -0.15) is 0 Å². The van der Waals surface area contributed by atoms with Crippen LogP contribution in [-0.4, -0.2) is 66.1 Å². The van der Waals surface area contributed by atoms with Gasteiger partial charge in [-0.1, -0.05) is 40.2 Å². The minimum Gasteiger partial charge on any atom is -0.396 e. The summed E-state index contributed by atoms with van der Waals surface area (Å²) in [4.78, 5) is 29.4. The number of halogens is 2. The van der Waals surface area contributed by atoms with Crippen molar-refractivity contribution >= 4 is 47.5 Å². The van der Waals surface area contributed by atoms with Crippen molar-refractivity contribution in [2.45, 2.75) is 76.0 Å². The third-order valence-electron chi connectivity index (χ3n) is 9.72. The van der Waals surface area contributed by atoms with Crippen molar-refractivity contribution in [3.8, 4) is 0 Å². The molecule has 10 nitrogen and oxygen atoms in total. The summed E-state index contributed by atoms with van der Waals surface area (Å²) in [6.07, 6.45) is 4.00. The van der Waals surface area contributed by atoms with Gasteiger partial charge in [0.2, 0.25) is 14.3 Å². The van der Waals surface area contributed by atoms with Crippen molar-refractivity contribution in [1.29, 1.82) is 0 Å². The molecule has 3 N–H and O–H groups in total. The monoisotopic (exact) mass is 712 g/mol. The molecule has 3 aliphatic heterocycles. The number of benzene rings is 2. The van der Waals surface area contributed by atoms with Gasteiger partial charge in [0.25, 0.3) is 5.91 Å². The maximum Gasteiger partial charge on any atom is 0.264 e. The molecule has 0 bridgehead atoms. The van der Waals surface area contributed by atoms with E-state index in [4.69, 9.17) is 4.74 Å². The number of fused-ring (bicyclic) bond motifs is 2. The lowest BCUT2D eigenvalue weighted by atomic mass is 9.82. The van der Waals surface area contributed by atoms with Crippen LogP contribution < -0.4 is 15.5 Å². The van der Waals surface area contributed by atoms with E-state index in [2.05, 4.69) is 36.9 Å². The number of carbonyl (C=O) groups is 2. The Morgan fingerprint density at radius 1 is 1.28 bits per heavy atom. The van der Waals surface area contributed by atoms with Gasteiger partial charge in [0.15, 0.2) is 5.60 Å². The van der Waals surface area contributed by atoms with Crippen LogP contribution in [-0.2, 0) is 39.4 Å². The fraction of sp³-hybridized carbons (Fsp3) is 0.515. The topological polar surface area (TPSA) is 122 Å². The zero-order valence-corrected chi connectivity index (χ0v) is 29.1. The van der Waals surface area contributed by atoms with E-state index in [1.165, 1.54) is 0 Å². The van der Waals surface area contributed by atoms with Crippen LogP contribution in [0.4, 0.5) is 15.5 Å². The molecule has 2 amide bonds. The lowest BCUT2D eigenvalue weighted by Gasteiger charge is -2.31. The first-order valence-electron chi connectivity index (χ1n) is 16.1. The summed E-state index contributed by atoms with van der Waals surface area (Å²) in [5.41, 5.74) is 1.95. The van der Waals surface area contributed by atoms with Crippen LogP contribution in [0.2, 0.25) is 18.6 Å². The number of hydrogen-bond donors (Lipinski definition) is 3. The van der Waals surface area contributed by atoms with Gasteiger partial charge in [0, 0.05) is 59.5 Å². The fourth-order valence-corrected chi connectivity index (χ4v) is 10.5. The van der Waals surface area contributed by atoms with E-state index in [0.717, 1.165) is 40.7 Å². The number of aliphatic hydroxyl groups excluding tert-OH is 1. The number of amides is 2. The second-order valence-corrected chi connectivity index (χ2v) is 18.0. The van der Waals surface area contributed by atoms with Crippen LogP contribution in [0.5, 0.6) is 0 Å². The molecule has 0 saturated carbocycles. The van der Waals surface area contributed by atoms with Crippen LogP contribution in [0, 0.1) is 11.8 Å². The van der Waals surface area contributed by atoms with E-state index in [1.54, 1.807) is 28.9 Å². The summed E-state index contributed by atoms with van der Waals surface area (Å²) in [6.45, 7) is 7.66. The van der Waals surface area contributed by atoms with E-state index < -0.39 is 31.6 Å². The number of aromatic nitrogens is 3. The Kier molecular flexibility index (Phi) is 9.50. The number of nitrogens with one attached hydrogen (secondary N) is 2. The third-order valence-corrected chi connectivity index (χ3v) is 12.7. The van der Waals surface area contributed by atoms with Crippen LogP contribution in [0.1, 0.15) is 43.0 Å². The molecule has 2 aromatic carbocycles. The average molecular weight is 714 g/mol. The maximum atomic E-state index is 16.2. The van der Waals surface area contributed by atoms with Crippen molar-refractivity contribution in [1.82, 2.24) is 20.3 Å². The number of ether oxygens (including phenoxy) is 1. The molecule has 13 heteroatoms. The minimum absolute atomic E-state index is 0.00507. The van der Waals surface area contributed by atoms with Crippen molar-refractivity contribution in [3.05, 3.63) is 70.0 Å². The summed E-state index contributed by atoms with van der Waals surface area (Å²) in [7, 11) is -3.32. The molecule has 1 unspecified atom stereocenters. The molecular weight excluding hydrogens is 671 g/mol. The second kappa shape index (κ2) is 13.3. The average Bonchev–Trinajstić information content (AvgIpc) is 3.67. The molecule has 2 saturated heterocycles. The predicted molar refractivity (Wildman–Crippen MR) is 179 cm³/mol. The SMILES string of the molecule is C[C@H]1[C@H]([Si](C)(C)F)[C@@H](CCn2cc(CCO)nn2)O[C@]12C(=O)N(Cc1cccc(NC(=O)C3CCCNC3)c1)c1ccc(Br)cc12. The van der Waals surface area contributed by atoms with Gasteiger partial charge in [-0.3, -0.25) is 14.3 Å². The molecular formula is C33H42BrFN6O4Si. The van der Waals surface area contributed by atoms with Crippen LogP contribution in [0.3, 0.4) is 0 Å². The molecule has 2 fully saturated rings. The molecule has 6 rings (SSSR count). The number of carbonyl (C=O) groups excluding carboxylic acids is 2. The van der Waals surface area contributed by atoms with Gasteiger partial charge in [0.05, 0.1) is 29.9 Å². The van der Waals surface area contributed by atoms with Gasteiger partial charge in [0.1, 0.15) is 0 Å². The molecule has 46 heavy (non-hydrogen) atoms. The Morgan fingerprint density at radius 2 is 2.11 bits per heavy atom. The lowest BCUT2D eigenvalue weighted by Crippen LogP contribution is -2.45. The van der Waals surface area contributed by atoms with E-state index >= 15 is 4.11 Å². The highest BCUT2D eigenvalue weighted by Gasteiger charge is 2.66. The number of aliphatic hydroxyl groups is 1. The smallest absolute Gasteiger partial charge is 0.264 e. The highest BCUT2D eigenvalue weighted by Crippen LogP contribution is 2.60. The normalized spacial score (nSPS) is 26.1. The number of nitrogens with zero attached hydrogens (tertiary/aromatic N) is 4. The molecule has 0 aliphatic carbocycles. The zero-order valence-electron chi connectivity index (χ0n) is 26.5. The predicted octanol–water partition coefficient (Wildman–Crippen LogP) is 4.93. The van der Waals surface area contributed by atoms with Crippen LogP contribution in [0.25, 0.3) is 0 Å². The van der Waals surface area contributed by atoms with E-state index in [1.807, 2.05) is 49.4 Å². The number of aryl methyl sites for hydroxylation is 1. The first-order valence-corrected chi connectivity index (χ1v) is 19.8. The van der Waals surface area contributed by atoms with Crippen molar-refractivity contribution in [2.24, 2.45) is 11.8 Å². The summed E-state index contributed by atoms with van der Waals surface area (Å²) in [6, 6.07) is 13.4. The first-order chi connectivity index (χ1) is 22.0. The molecule has 1 spiro atoms. The fourth-order valence-electron chi connectivity index (χ4n) is 7.63. The highest BCUT2D eigenvalue weighted by molar-refractivity contribution is 9.10. The molecule has 3 aromatic rings. The maximum absolute atomic E-state index is 16.2. The first kappa shape index (κ1) is 32.9. The van der Waals surface area contributed by atoms with Gasteiger partial charge >= 0.3 is 0 Å². The third kappa shape index (κ3) is 6.31. The number of anilines is 2. The van der Waals surface area contributed by atoms with E-state index in [0.29, 0.717) is 37.3 Å². The highest BCUT2D eigenvalue weighted by atomic mass is 79.9. The molecule has 5 atom stereocenters. The van der Waals surface area contributed by atoms with Gasteiger partial charge in [-0.25, -0.2) is 0 Å². The van der Waals surface area contributed by atoms with E-state index in [9.17, 15) is 14.7 Å². The number of piperidine rings is 1. The standard InChI is InChI=1S/C33H42BrFN6O4Si/c1-21-30(46(2,3)35)29(11-14-40-20-26(12-15-42)38-39-40)45-33(21)27-17-24(34)9-10-28(27)41(32(33)44)19-22-6-4-8-25(16-22)37-31(43)23-7-5-13-36-18-23/h4,6,8-10,16-17,20-21,23,29-30,36,42H,5,7,11-15,18-19H2,1-3H3,(H,37,43)/t21-,23?,29+,30-,33+/m0/s1. The summed E-state index contributed by atoms with van der Waals surface area (Å²) < 4.78 is 25.6. The van der Waals surface area contributed by atoms with Gasteiger partial charge < -0.3 is 29.5 Å². The Labute approximate surface area is 278 Å². The van der Waals surface area contributed by atoms with Crippen molar-refractivity contribution in [2.75, 3.05) is 29.9 Å². The summed E-state index contributed by atoms with van der Waals surface area (Å²) in [5.74, 6) is -0.688. The largest absolute Gasteiger partial charge is 0.396 e. The van der Waals surface area contributed by atoms with Crippen molar-refractivity contribution < 1.29 is 23.5 Å². The quantitative estimate of drug-likeness (QED) is 0.202. The number of rotatable bonds is 10. The second-order valence-electron chi connectivity index (χ2n) is 13.3. The molecule has 0 radical (unpaired) electrons. The summed E-state index contributed by atoms with van der Waals surface area (Å²) >= 11 is 3.60. The number of hydrogen-bond acceptors (Lipinski definition) is 7. The molecule has 3 aliphatic rings. The molecule has 246 valence electrons. The Balaban J connectivity index is 1.27. The zero-order chi connectivity index (χ0) is 32.6. The van der Waals surface area contributed by atoms with Gasteiger partial charge in [-0.05, 0) is 74.8 Å². The van der Waals surface area contributed by atoms with Crippen LogP contribution in [0.15, 0.2) is 53.1 Å². The van der Waals surface area contributed by atoms with Crippen molar-refractivity contribution in [3.63, 3.8) is 0 Å². The Morgan fingerprint density at radius 3 is 2.85 bits per heavy atom. The lowest BCUT2D eigenvalue weighted by molar-refractivity contribution is -0.146. The van der Waals surface area contributed by atoms with E-state index in [-0.39, 0.29) is 30.9 Å². The Hall–Kier alpha value is -2.97. The van der Waals surface area contributed by atoms with Gasteiger partial charge in [-0.15, -0.1) is 5.10 Å². The Bertz CT molecular complexity index is 1590. The molecule has 1 aromatic heterocycles. The molecule has 4 heterocycles. The van der Waals surface area contributed by atoms with Crippen LogP contribution >= 0.6 is 15.9 Å². The summed E-state index contributed by atoms with van der Waals surface area (Å²) in [5, 5.41) is 23.9.